The van der Waals surface area contributed by atoms with Crippen molar-refractivity contribution >= 4 is 22.9 Å². The highest BCUT2D eigenvalue weighted by Crippen LogP contribution is 2.30. The molecule has 2 aromatic heterocycles. The molecule has 0 saturated heterocycles. The number of carbonyl (C=O) groups excluding carboxylic acids is 1. The molecule has 0 radical (unpaired) electrons. The molecule has 0 fully saturated rings. The molecule has 2 heterocycles. The van der Waals surface area contributed by atoms with Crippen LogP contribution in [-0.2, 0) is 19.9 Å². The Balaban J connectivity index is 1.78. The highest BCUT2D eigenvalue weighted by molar-refractivity contribution is 7.14. The van der Waals surface area contributed by atoms with Crippen LogP contribution in [0.3, 0.4) is 0 Å². The number of thiophene rings is 1. The fraction of sp³-hybridized carbons (Fsp3) is 0.385. The molecule has 2 aromatic rings. The molecule has 1 amide bonds. The molecule has 1 N–H and O–H groups in total. The highest BCUT2D eigenvalue weighted by Gasteiger charge is 2.17. The average Bonchev–Trinajstić information content (AvgIpc) is 2.95. The lowest BCUT2D eigenvalue weighted by atomic mass is 9.99. The van der Waals surface area contributed by atoms with E-state index in [-0.39, 0.29) is 5.91 Å². The third-order valence-electron chi connectivity index (χ3n) is 3.18. The molecular formula is C13H15N3OS. The minimum atomic E-state index is -0.0256. The molecule has 0 aromatic carbocycles. The van der Waals surface area contributed by atoms with Gasteiger partial charge in [-0.15, -0.1) is 11.3 Å². The number of aromatic nitrogens is 2. The van der Waals surface area contributed by atoms with Gasteiger partial charge in [0.05, 0.1) is 16.8 Å². The third-order valence-corrected chi connectivity index (χ3v) is 4.42. The number of fused-ring (bicyclic) bond motifs is 1. The van der Waals surface area contributed by atoms with Crippen LogP contribution in [0.5, 0.6) is 0 Å². The van der Waals surface area contributed by atoms with Gasteiger partial charge >= 0.3 is 0 Å². The van der Waals surface area contributed by atoms with Crippen molar-refractivity contribution in [2.75, 3.05) is 5.32 Å². The molecule has 0 aliphatic heterocycles. The zero-order chi connectivity index (χ0) is 12.5. The van der Waals surface area contributed by atoms with E-state index in [0.717, 1.165) is 23.4 Å². The molecule has 1 aliphatic carbocycles. The van der Waals surface area contributed by atoms with Crippen LogP contribution in [0, 0.1) is 0 Å². The van der Waals surface area contributed by atoms with Crippen molar-refractivity contribution in [2.24, 2.45) is 7.05 Å². The Morgan fingerprint density at radius 1 is 1.44 bits per heavy atom. The van der Waals surface area contributed by atoms with Gasteiger partial charge in [0, 0.05) is 18.1 Å². The summed E-state index contributed by atoms with van der Waals surface area (Å²) in [7, 11) is 1.83. The molecule has 1 aliphatic rings. The van der Waals surface area contributed by atoms with Crippen LogP contribution in [0.25, 0.3) is 0 Å². The first kappa shape index (κ1) is 11.5. The number of carbonyl (C=O) groups is 1. The summed E-state index contributed by atoms with van der Waals surface area (Å²) >= 11 is 1.63. The van der Waals surface area contributed by atoms with Gasteiger partial charge in [0.25, 0.3) is 5.91 Å². The summed E-state index contributed by atoms with van der Waals surface area (Å²) in [6.45, 7) is 0. The van der Waals surface area contributed by atoms with Crippen LogP contribution >= 0.6 is 11.3 Å². The van der Waals surface area contributed by atoms with Crippen LogP contribution in [0.15, 0.2) is 18.5 Å². The third kappa shape index (κ3) is 2.18. The second-order valence-electron chi connectivity index (χ2n) is 4.62. The molecule has 4 nitrogen and oxygen atoms in total. The summed E-state index contributed by atoms with van der Waals surface area (Å²) in [6.07, 6.45) is 8.19. The molecule has 94 valence electrons. The van der Waals surface area contributed by atoms with Crippen molar-refractivity contribution < 1.29 is 4.79 Å². The van der Waals surface area contributed by atoms with Gasteiger partial charge in [-0.05, 0) is 37.3 Å². The van der Waals surface area contributed by atoms with Crippen molar-refractivity contribution in [1.82, 2.24) is 9.78 Å². The van der Waals surface area contributed by atoms with E-state index >= 15 is 0 Å². The Hall–Kier alpha value is -1.62. The lowest BCUT2D eigenvalue weighted by Gasteiger charge is -2.08. The van der Waals surface area contributed by atoms with Gasteiger partial charge in [0.2, 0.25) is 0 Å². The number of anilines is 1. The van der Waals surface area contributed by atoms with Gasteiger partial charge in [-0.25, -0.2) is 0 Å². The van der Waals surface area contributed by atoms with Gasteiger partial charge in [-0.3, -0.25) is 9.48 Å². The van der Waals surface area contributed by atoms with E-state index < -0.39 is 0 Å². The van der Waals surface area contributed by atoms with Crippen molar-refractivity contribution in [3.05, 3.63) is 33.8 Å². The van der Waals surface area contributed by atoms with Crippen LogP contribution < -0.4 is 5.32 Å². The SMILES string of the molecule is Cn1cc(NC(=O)c2cc3c(s2)CCCC3)cn1. The number of hydrogen-bond donors (Lipinski definition) is 1. The average molecular weight is 261 g/mol. The van der Waals surface area contributed by atoms with E-state index in [4.69, 9.17) is 0 Å². The summed E-state index contributed by atoms with van der Waals surface area (Å²) < 4.78 is 1.68. The summed E-state index contributed by atoms with van der Waals surface area (Å²) in [5.41, 5.74) is 2.11. The summed E-state index contributed by atoms with van der Waals surface area (Å²) in [5.74, 6) is -0.0256. The van der Waals surface area contributed by atoms with Crippen LogP contribution in [0.1, 0.15) is 33.0 Å². The van der Waals surface area contributed by atoms with Gasteiger partial charge in [-0.1, -0.05) is 0 Å². The number of rotatable bonds is 2. The quantitative estimate of drug-likeness (QED) is 0.903. The summed E-state index contributed by atoms with van der Waals surface area (Å²) in [4.78, 5) is 14.3. The highest BCUT2D eigenvalue weighted by atomic mass is 32.1. The maximum Gasteiger partial charge on any atom is 0.265 e. The first-order chi connectivity index (χ1) is 8.72. The van der Waals surface area contributed by atoms with E-state index in [9.17, 15) is 4.79 Å². The minimum absolute atomic E-state index is 0.0256. The zero-order valence-electron chi connectivity index (χ0n) is 10.3. The second kappa shape index (κ2) is 4.57. The number of aryl methyl sites for hydroxylation is 3. The van der Waals surface area contributed by atoms with E-state index in [1.54, 1.807) is 28.4 Å². The molecule has 18 heavy (non-hydrogen) atoms. The fourth-order valence-electron chi connectivity index (χ4n) is 2.28. The number of nitrogens with zero attached hydrogens (tertiary/aromatic N) is 2. The lowest BCUT2D eigenvalue weighted by molar-refractivity contribution is 0.103. The van der Waals surface area contributed by atoms with Gasteiger partial charge in [-0.2, -0.15) is 5.10 Å². The Kier molecular flexibility index (Phi) is 2.91. The van der Waals surface area contributed by atoms with E-state index in [2.05, 4.69) is 10.4 Å². The van der Waals surface area contributed by atoms with Gasteiger partial charge < -0.3 is 5.32 Å². The number of nitrogens with one attached hydrogen (secondary N) is 1. The van der Waals surface area contributed by atoms with Crippen LogP contribution in [0.2, 0.25) is 0 Å². The Morgan fingerprint density at radius 2 is 2.28 bits per heavy atom. The molecule has 0 bridgehead atoms. The normalized spacial score (nSPS) is 14.3. The predicted octanol–water partition coefficient (Wildman–Crippen LogP) is 2.61. The van der Waals surface area contributed by atoms with Crippen LogP contribution in [-0.4, -0.2) is 15.7 Å². The smallest absolute Gasteiger partial charge is 0.265 e. The van der Waals surface area contributed by atoms with E-state index in [1.807, 2.05) is 13.1 Å². The molecular weight excluding hydrogens is 246 g/mol. The Morgan fingerprint density at radius 3 is 3.00 bits per heavy atom. The maximum atomic E-state index is 12.1. The molecule has 0 atom stereocenters. The Labute approximate surface area is 110 Å². The minimum Gasteiger partial charge on any atom is -0.319 e. The molecule has 3 rings (SSSR count). The van der Waals surface area contributed by atoms with Crippen molar-refractivity contribution in [1.29, 1.82) is 0 Å². The number of hydrogen-bond acceptors (Lipinski definition) is 3. The predicted molar refractivity (Wildman–Crippen MR) is 72.1 cm³/mol. The fourth-order valence-corrected chi connectivity index (χ4v) is 3.43. The maximum absolute atomic E-state index is 12.1. The first-order valence-electron chi connectivity index (χ1n) is 6.14. The molecule has 0 unspecified atom stereocenters. The first-order valence-corrected chi connectivity index (χ1v) is 6.95. The summed E-state index contributed by atoms with van der Waals surface area (Å²) in [5, 5.41) is 6.91. The van der Waals surface area contributed by atoms with Crippen molar-refractivity contribution in [3.63, 3.8) is 0 Å². The topological polar surface area (TPSA) is 46.9 Å². The van der Waals surface area contributed by atoms with Crippen molar-refractivity contribution in [3.8, 4) is 0 Å². The molecule has 0 saturated carbocycles. The molecule has 5 heteroatoms. The van der Waals surface area contributed by atoms with E-state index in [0.29, 0.717) is 0 Å². The van der Waals surface area contributed by atoms with Crippen molar-refractivity contribution in [2.45, 2.75) is 25.7 Å². The van der Waals surface area contributed by atoms with Gasteiger partial charge in [0.15, 0.2) is 0 Å². The summed E-state index contributed by atoms with van der Waals surface area (Å²) in [6, 6.07) is 2.05. The van der Waals surface area contributed by atoms with Crippen LogP contribution in [0.4, 0.5) is 5.69 Å². The largest absolute Gasteiger partial charge is 0.319 e. The van der Waals surface area contributed by atoms with E-state index in [1.165, 1.54) is 23.3 Å². The Bertz CT molecular complexity index is 561. The standard InChI is InChI=1S/C13H15N3OS/c1-16-8-10(7-14-16)15-13(17)12-6-9-4-2-3-5-11(9)18-12/h6-8H,2-5H2,1H3,(H,15,17). The monoisotopic (exact) mass is 261 g/mol. The zero-order valence-corrected chi connectivity index (χ0v) is 11.1. The second-order valence-corrected chi connectivity index (χ2v) is 5.76. The van der Waals surface area contributed by atoms with Gasteiger partial charge in [0.1, 0.15) is 0 Å². The molecule has 0 spiro atoms. The number of amides is 1. The lowest BCUT2D eigenvalue weighted by Crippen LogP contribution is -2.09.